The summed E-state index contributed by atoms with van der Waals surface area (Å²) >= 11 is 2.26. The summed E-state index contributed by atoms with van der Waals surface area (Å²) in [7, 11) is -3.67. The summed E-state index contributed by atoms with van der Waals surface area (Å²) < 4.78 is 23.8. The average Bonchev–Trinajstić information content (AvgIpc) is 2.38. The number of nitrogens with two attached hydrogens (primary N) is 1. The molecule has 0 bridgehead atoms. The first-order valence-corrected chi connectivity index (χ1v) is 8.63. The first-order chi connectivity index (χ1) is 9.36. The first-order valence-electron chi connectivity index (χ1n) is 6.01. The highest BCUT2D eigenvalue weighted by atomic mass is 127. The Morgan fingerprint density at radius 1 is 1.15 bits per heavy atom. The van der Waals surface area contributed by atoms with Gasteiger partial charge in [-0.15, -0.1) is 0 Å². The molecule has 0 aliphatic rings. The second-order valence-corrected chi connectivity index (χ2v) is 7.30. The molecule has 6 heteroatoms. The molecule has 0 amide bonds. The molecule has 0 fully saturated rings. The lowest BCUT2D eigenvalue weighted by molar-refractivity contribution is 0.598. The quantitative estimate of drug-likeness (QED) is 0.773. The Morgan fingerprint density at radius 3 is 2.40 bits per heavy atom. The number of rotatable bonds is 4. The third-order valence-electron chi connectivity index (χ3n) is 2.92. The topological polar surface area (TPSA) is 72.2 Å². The van der Waals surface area contributed by atoms with Crippen molar-refractivity contribution in [3.63, 3.8) is 0 Å². The monoisotopic (exact) mass is 402 g/mol. The van der Waals surface area contributed by atoms with Gasteiger partial charge in [0, 0.05) is 15.3 Å². The van der Waals surface area contributed by atoms with Gasteiger partial charge in [0.05, 0.1) is 4.90 Å². The fourth-order valence-electron chi connectivity index (χ4n) is 1.85. The summed E-state index contributed by atoms with van der Waals surface area (Å²) in [6.07, 6.45) is 0. The highest BCUT2D eigenvalue weighted by Crippen LogP contribution is 2.21. The summed E-state index contributed by atoms with van der Waals surface area (Å²) in [4.78, 5) is 0.109. The van der Waals surface area contributed by atoms with E-state index in [0.717, 1.165) is 11.3 Å². The van der Waals surface area contributed by atoms with E-state index in [4.69, 9.17) is 5.14 Å². The molecule has 0 aliphatic heterocycles. The fraction of sp³-hybridized carbons (Fsp3) is 0.143. The molecular formula is C14H15IN2O2S. The number of hydrogen-bond donors (Lipinski definition) is 2. The summed E-state index contributed by atoms with van der Waals surface area (Å²) in [5.74, 6) is 0. The van der Waals surface area contributed by atoms with Gasteiger partial charge in [-0.1, -0.05) is 18.2 Å². The van der Waals surface area contributed by atoms with Gasteiger partial charge in [-0.05, 0) is 65.4 Å². The molecule has 106 valence electrons. The standard InChI is InChI=1S/C14H15IN2O2S/c1-10(11-5-7-12(15)8-6-11)17-13-3-2-4-14(9-13)20(16,18)19/h2-10,17H,1H3,(H2,16,18,19). The predicted octanol–water partition coefficient (Wildman–Crippen LogP) is 3.11. The molecular weight excluding hydrogens is 387 g/mol. The van der Waals surface area contributed by atoms with Crippen LogP contribution >= 0.6 is 22.6 Å². The third kappa shape index (κ3) is 3.94. The van der Waals surface area contributed by atoms with Crippen molar-refractivity contribution in [2.24, 2.45) is 5.14 Å². The smallest absolute Gasteiger partial charge is 0.238 e. The minimum Gasteiger partial charge on any atom is -0.378 e. The highest BCUT2D eigenvalue weighted by molar-refractivity contribution is 14.1. The van der Waals surface area contributed by atoms with Crippen molar-refractivity contribution < 1.29 is 8.42 Å². The van der Waals surface area contributed by atoms with Gasteiger partial charge in [-0.25, -0.2) is 13.6 Å². The van der Waals surface area contributed by atoms with Gasteiger partial charge in [0.2, 0.25) is 10.0 Å². The number of primary sulfonamides is 1. The zero-order valence-corrected chi connectivity index (χ0v) is 13.9. The second-order valence-electron chi connectivity index (χ2n) is 4.49. The molecule has 1 unspecified atom stereocenters. The van der Waals surface area contributed by atoms with E-state index in [-0.39, 0.29) is 10.9 Å². The van der Waals surface area contributed by atoms with Crippen LogP contribution < -0.4 is 10.5 Å². The molecule has 4 nitrogen and oxygen atoms in total. The maximum Gasteiger partial charge on any atom is 0.238 e. The highest BCUT2D eigenvalue weighted by Gasteiger charge is 2.10. The largest absolute Gasteiger partial charge is 0.378 e. The predicted molar refractivity (Wildman–Crippen MR) is 89.0 cm³/mol. The first kappa shape index (κ1) is 15.3. The molecule has 0 aromatic heterocycles. The Balaban J connectivity index is 2.20. The van der Waals surface area contributed by atoms with Crippen LogP contribution in [-0.2, 0) is 10.0 Å². The van der Waals surface area contributed by atoms with Gasteiger partial charge < -0.3 is 5.32 Å². The number of hydrogen-bond acceptors (Lipinski definition) is 3. The average molecular weight is 402 g/mol. The summed E-state index contributed by atoms with van der Waals surface area (Å²) in [5, 5.41) is 8.40. The van der Waals surface area contributed by atoms with Gasteiger partial charge in [-0.2, -0.15) is 0 Å². The van der Waals surface area contributed by atoms with E-state index >= 15 is 0 Å². The molecule has 3 N–H and O–H groups in total. The summed E-state index contributed by atoms with van der Waals surface area (Å²) in [6, 6.07) is 14.7. The number of halogens is 1. The molecule has 0 saturated carbocycles. The van der Waals surface area contributed by atoms with E-state index in [1.165, 1.54) is 9.64 Å². The van der Waals surface area contributed by atoms with Crippen molar-refractivity contribution in [1.82, 2.24) is 0 Å². The van der Waals surface area contributed by atoms with Crippen LogP contribution in [0.1, 0.15) is 18.5 Å². The molecule has 0 radical (unpaired) electrons. The Hall–Kier alpha value is -1.12. The van der Waals surface area contributed by atoms with Crippen LogP contribution in [0, 0.1) is 3.57 Å². The van der Waals surface area contributed by atoms with Crippen LogP contribution in [0.2, 0.25) is 0 Å². The Bertz CT molecular complexity index is 699. The summed E-state index contributed by atoms with van der Waals surface area (Å²) in [5.41, 5.74) is 1.86. The molecule has 20 heavy (non-hydrogen) atoms. The van der Waals surface area contributed by atoms with Crippen molar-refractivity contribution in [2.45, 2.75) is 17.9 Å². The Morgan fingerprint density at radius 2 is 1.80 bits per heavy atom. The van der Waals surface area contributed by atoms with E-state index < -0.39 is 10.0 Å². The Kier molecular flexibility index (Phi) is 4.66. The SMILES string of the molecule is CC(Nc1cccc(S(N)(=O)=O)c1)c1ccc(I)cc1. The van der Waals surface area contributed by atoms with Crippen molar-refractivity contribution in [3.05, 3.63) is 57.7 Å². The molecule has 0 heterocycles. The number of benzene rings is 2. The number of sulfonamides is 1. The van der Waals surface area contributed by atoms with Crippen LogP contribution in [0.5, 0.6) is 0 Å². The van der Waals surface area contributed by atoms with Gasteiger partial charge in [0.1, 0.15) is 0 Å². The van der Waals surface area contributed by atoms with Crippen LogP contribution in [-0.4, -0.2) is 8.42 Å². The third-order valence-corrected chi connectivity index (χ3v) is 4.55. The number of anilines is 1. The van der Waals surface area contributed by atoms with Crippen LogP contribution in [0.25, 0.3) is 0 Å². The molecule has 0 aliphatic carbocycles. The van der Waals surface area contributed by atoms with Gasteiger partial charge >= 0.3 is 0 Å². The van der Waals surface area contributed by atoms with Crippen molar-refractivity contribution >= 4 is 38.3 Å². The fourth-order valence-corrected chi connectivity index (χ4v) is 2.77. The van der Waals surface area contributed by atoms with Crippen molar-refractivity contribution in [1.29, 1.82) is 0 Å². The zero-order chi connectivity index (χ0) is 14.8. The number of nitrogens with one attached hydrogen (secondary N) is 1. The summed E-state index contributed by atoms with van der Waals surface area (Å²) in [6.45, 7) is 2.02. The van der Waals surface area contributed by atoms with Gasteiger partial charge in [-0.3, -0.25) is 0 Å². The van der Waals surface area contributed by atoms with E-state index in [1.807, 2.05) is 37.3 Å². The van der Waals surface area contributed by atoms with E-state index in [2.05, 4.69) is 27.9 Å². The van der Waals surface area contributed by atoms with Crippen molar-refractivity contribution in [3.8, 4) is 0 Å². The zero-order valence-electron chi connectivity index (χ0n) is 10.9. The molecule has 0 spiro atoms. The van der Waals surface area contributed by atoms with Crippen LogP contribution in [0.15, 0.2) is 53.4 Å². The molecule has 2 aromatic rings. The normalized spacial score (nSPS) is 12.9. The molecule has 2 rings (SSSR count). The van der Waals surface area contributed by atoms with Crippen LogP contribution in [0.4, 0.5) is 5.69 Å². The lowest BCUT2D eigenvalue weighted by Crippen LogP contribution is -2.13. The van der Waals surface area contributed by atoms with Crippen molar-refractivity contribution in [2.75, 3.05) is 5.32 Å². The minimum atomic E-state index is -3.67. The maximum absolute atomic E-state index is 11.3. The molecule has 0 saturated heterocycles. The van der Waals surface area contributed by atoms with Crippen LogP contribution in [0.3, 0.4) is 0 Å². The second kappa shape index (κ2) is 6.11. The van der Waals surface area contributed by atoms with E-state index in [9.17, 15) is 8.42 Å². The molecule has 2 aromatic carbocycles. The van der Waals surface area contributed by atoms with E-state index in [0.29, 0.717) is 0 Å². The van der Waals surface area contributed by atoms with Gasteiger partial charge in [0.25, 0.3) is 0 Å². The lowest BCUT2D eigenvalue weighted by atomic mass is 10.1. The lowest BCUT2D eigenvalue weighted by Gasteiger charge is -2.16. The maximum atomic E-state index is 11.3. The molecule has 1 atom stereocenters. The van der Waals surface area contributed by atoms with E-state index in [1.54, 1.807) is 12.1 Å². The van der Waals surface area contributed by atoms with Gasteiger partial charge in [0.15, 0.2) is 0 Å². The Labute approximate surface area is 132 Å². The minimum absolute atomic E-state index is 0.0720.